The van der Waals surface area contributed by atoms with E-state index in [9.17, 15) is 4.21 Å². The van der Waals surface area contributed by atoms with E-state index < -0.39 is 10.8 Å². The normalized spacial score (nSPS) is 38.1. The Morgan fingerprint density at radius 3 is 2.65 bits per heavy atom. The molecule has 5 unspecified atom stereocenters. The Kier molecular flexibility index (Phi) is 5.57. The van der Waals surface area contributed by atoms with Crippen molar-refractivity contribution in [2.45, 2.75) is 62.2 Å². The summed E-state index contributed by atoms with van der Waals surface area (Å²) < 4.78 is 13.7. The molecule has 0 aromatic heterocycles. The molecule has 23 heavy (non-hydrogen) atoms. The molecule has 1 aromatic carbocycles. The third-order valence-electron chi connectivity index (χ3n) is 5.71. The summed E-state index contributed by atoms with van der Waals surface area (Å²) in [4.78, 5) is 0. The summed E-state index contributed by atoms with van der Waals surface area (Å²) in [5, 5.41) is 0.338. The Balaban J connectivity index is 1.84. The van der Waals surface area contributed by atoms with E-state index in [4.69, 9.17) is 0 Å². The van der Waals surface area contributed by atoms with E-state index in [1.807, 2.05) is 11.8 Å². The highest BCUT2D eigenvalue weighted by atomic mass is 32.2. The van der Waals surface area contributed by atoms with Crippen LogP contribution in [0.3, 0.4) is 0 Å². The van der Waals surface area contributed by atoms with Crippen LogP contribution >= 0.6 is 11.8 Å². The summed E-state index contributed by atoms with van der Waals surface area (Å²) in [5.41, 5.74) is 1.35. The molecule has 1 heterocycles. The zero-order valence-electron chi connectivity index (χ0n) is 14.7. The summed E-state index contributed by atoms with van der Waals surface area (Å²) in [7, 11) is -0.732. The Morgan fingerprint density at radius 2 is 1.96 bits per heavy atom. The summed E-state index contributed by atoms with van der Waals surface area (Å²) in [6, 6.07) is 10.6. The summed E-state index contributed by atoms with van der Waals surface area (Å²) in [6.07, 6.45) is 5.81. The van der Waals surface area contributed by atoms with Crippen LogP contribution < -0.4 is 0 Å². The lowest BCUT2D eigenvalue weighted by atomic mass is 9.76. The predicted octanol–water partition coefficient (Wildman–Crippen LogP) is 5.27. The maximum Gasteiger partial charge on any atom is 0.0944 e. The zero-order chi connectivity index (χ0) is 16.4. The molecule has 5 atom stereocenters. The van der Waals surface area contributed by atoms with Gasteiger partial charge in [-0.2, -0.15) is 0 Å². The van der Waals surface area contributed by atoms with Gasteiger partial charge in [-0.1, -0.05) is 57.5 Å². The van der Waals surface area contributed by atoms with Gasteiger partial charge in [0.15, 0.2) is 0 Å². The number of rotatable bonds is 3. The molecule has 2 aliphatic rings. The van der Waals surface area contributed by atoms with Gasteiger partial charge in [-0.05, 0) is 54.8 Å². The Bertz CT molecular complexity index is 542. The Hall–Kier alpha value is -0.280. The number of thioether (sulfide) groups is 1. The zero-order valence-corrected chi connectivity index (χ0v) is 16.3. The number of hydrogen-bond acceptors (Lipinski definition) is 2. The molecule has 1 aliphatic carbocycles. The largest absolute Gasteiger partial charge is 0.258 e. The van der Waals surface area contributed by atoms with Crippen molar-refractivity contribution in [2.24, 2.45) is 17.8 Å². The van der Waals surface area contributed by atoms with Gasteiger partial charge >= 0.3 is 0 Å². The topological polar surface area (TPSA) is 17.1 Å². The second-order valence-electron chi connectivity index (χ2n) is 7.80. The van der Waals surface area contributed by atoms with Gasteiger partial charge < -0.3 is 0 Å². The molecule has 2 fully saturated rings. The minimum Gasteiger partial charge on any atom is -0.258 e. The van der Waals surface area contributed by atoms with E-state index in [0.717, 1.165) is 25.2 Å². The van der Waals surface area contributed by atoms with Crippen molar-refractivity contribution in [1.82, 2.24) is 0 Å². The van der Waals surface area contributed by atoms with Gasteiger partial charge in [0.1, 0.15) is 0 Å². The van der Waals surface area contributed by atoms with Crippen molar-refractivity contribution in [2.75, 3.05) is 5.75 Å². The van der Waals surface area contributed by atoms with Crippen LogP contribution in [0.4, 0.5) is 0 Å². The molecule has 1 spiro atoms. The lowest BCUT2D eigenvalue weighted by Crippen LogP contribution is -2.52. The molecule has 1 aliphatic heterocycles. The summed E-state index contributed by atoms with van der Waals surface area (Å²) in [5.74, 6) is 3.15. The highest BCUT2D eigenvalue weighted by molar-refractivity contribution is 8.13. The maximum atomic E-state index is 13.7. The minimum atomic E-state index is -0.732. The molecule has 1 nitrogen and oxygen atoms in total. The van der Waals surface area contributed by atoms with E-state index in [-0.39, 0.29) is 4.08 Å². The summed E-state index contributed by atoms with van der Waals surface area (Å²) >= 11 is 2.05. The van der Waals surface area contributed by atoms with Crippen LogP contribution in [0.5, 0.6) is 0 Å². The molecule has 1 saturated heterocycles. The second-order valence-corrected chi connectivity index (χ2v) is 11.5. The van der Waals surface area contributed by atoms with E-state index in [2.05, 4.69) is 51.1 Å². The molecule has 3 heteroatoms. The quantitative estimate of drug-likeness (QED) is 0.738. The van der Waals surface area contributed by atoms with Gasteiger partial charge in [0.25, 0.3) is 0 Å². The van der Waals surface area contributed by atoms with Crippen molar-refractivity contribution >= 4 is 22.6 Å². The summed E-state index contributed by atoms with van der Waals surface area (Å²) in [6.45, 7) is 7.03. The van der Waals surface area contributed by atoms with Crippen LogP contribution in [0, 0.1) is 17.8 Å². The fraction of sp³-hybridized carbons (Fsp3) is 0.700. The van der Waals surface area contributed by atoms with E-state index >= 15 is 0 Å². The fourth-order valence-electron chi connectivity index (χ4n) is 4.53. The van der Waals surface area contributed by atoms with Crippen molar-refractivity contribution in [3.63, 3.8) is 0 Å². The van der Waals surface area contributed by atoms with Crippen LogP contribution in [0.15, 0.2) is 30.3 Å². The van der Waals surface area contributed by atoms with Gasteiger partial charge in [-0.25, -0.2) is 0 Å². The van der Waals surface area contributed by atoms with Crippen LogP contribution in [0.2, 0.25) is 0 Å². The van der Waals surface area contributed by atoms with E-state index in [0.29, 0.717) is 17.1 Å². The molecule has 1 saturated carbocycles. The van der Waals surface area contributed by atoms with Crippen molar-refractivity contribution in [3.8, 4) is 0 Å². The van der Waals surface area contributed by atoms with Crippen molar-refractivity contribution in [3.05, 3.63) is 35.9 Å². The first-order valence-corrected chi connectivity index (χ1v) is 11.3. The van der Waals surface area contributed by atoms with Crippen LogP contribution in [0.25, 0.3) is 0 Å². The molecule has 3 rings (SSSR count). The van der Waals surface area contributed by atoms with Gasteiger partial charge in [-0.15, -0.1) is 11.8 Å². The molecule has 0 radical (unpaired) electrons. The average Bonchev–Trinajstić information content (AvgIpc) is 2.53. The van der Waals surface area contributed by atoms with Gasteiger partial charge in [0.05, 0.1) is 4.08 Å². The Morgan fingerprint density at radius 1 is 1.22 bits per heavy atom. The van der Waals surface area contributed by atoms with Gasteiger partial charge in [0, 0.05) is 16.0 Å². The van der Waals surface area contributed by atoms with Crippen LogP contribution in [0.1, 0.15) is 52.0 Å². The molecule has 0 N–H and O–H groups in total. The third kappa shape index (κ3) is 3.56. The van der Waals surface area contributed by atoms with Gasteiger partial charge in [-0.3, -0.25) is 4.21 Å². The van der Waals surface area contributed by atoms with Crippen molar-refractivity contribution < 1.29 is 4.21 Å². The lowest BCUT2D eigenvalue weighted by molar-refractivity contribution is 0.221. The standard InChI is InChI=1S/C20H30OS2/c1-15(2)19-10-9-16(3)14-20(19)22-12-11-18(23(20)21)13-17-7-5-4-6-8-17/h4-8,15-16,18-19H,9-14H2,1-3H3. The van der Waals surface area contributed by atoms with Gasteiger partial charge in [0.2, 0.25) is 0 Å². The molecule has 0 amide bonds. The van der Waals surface area contributed by atoms with E-state index in [1.54, 1.807) is 0 Å². The number of hydrogen-bond donors (Lipinski definition) is 0. The SMILES string of the molecule is CC1CCC(C(C)C)C2(C1)SCCC(Cc1ccccc1)S2=O. The highest BCUT2D eigenvalue weighted by Gasteiger charge is 2.52. The van der Waals surface area contributed by atoms with Crippen LogP contribution in [-0.4, -0.2) is 19.3 Å². The third-order valence-corrected chi connectivity index (χ3v) is 10.1. The lowest BCUT2D eigenvalue weighted by Gasteiger charge is -2.50. The maximum absolute atomic E-state index is 13.7. The minimum absolute atomic E-state index is 0.0174. The highest BCUT2D eigenvalue weighted by Crippen LogP contribution is 2.54. The first kappa shape index (κ1) is 17.5. The van der Waals surface area contributed by atoms with E-state index in [1.165, 1.54) is 24.2 Å². The molecular formula is C20H30OS2. The predicted molar refractivity (Wildman–Crippen MR) is 103 cm³/mol. The molecule has 0 bridgehead atoms. The average molecular weight is 351 g/mol. The monoisotopic (exact) mass is 350 g/mol. The first-order valence-electron chi connectivity index (χ1n) is 9.11. The smallest absolute Gasteiger partial charge is 0.0944 e. The van der Waals surface area contributed by atoms with Crippen molar-refractivity contribution in [1.29, 1.82) is 0 Å². The molecule has 1 aromatic rings. The fourth-order valence-corrected chi connectivity index (χ4v) is 9.93. The Labute approximate surface area is 148 Å². The first-order chi connectivity index (χ1) is 11.0. The second kappa shape index (κ2) is 7.31. The molecular weight excluding hydrogens is 320 g/mol. The number of benzene rings is 1. The molecule has 128 valence electrons. The van der Waals surface area contributed by atoms with Crippen LogP contribution in [-0.2, 0) is 17.2 Å².